The standard InChI is InChI=1S/C22H30FN3O2S/c1-17(2)15-26(16-18-3-5-19(23)6-4-18)29(27,28)22-9-7-20(8-10-22)25-21-11-13-24-14-12-21/h3-10,17,21,24-25H,11-16H2,1-2H3. The number of nitrogens with zero attached hydrogens (tertiary/aromatic N) is 1. The molecule has 1 aliphatic rings. The van der Waals surface area contributed by atoms with Gasteiger partial charge in [0.25, 0.3) is 0 Å². The molecule has 1 aliphatic heterocycles. The molecular weight excluding hydrogens is 389 g/mol. The van der Waals surface area contributed by atoms with Gasteiger partial charge in [0.1, 0.15) is 5.82 Å². The number of nitrogens with one attached hydrogen (secondary N) is 2. The average Bonchev–Trinajstić information content (AvgIpc) is 2.70. The van der Waals surface area contributed by atoms with Crippen molar-refractivity contribution < 1.29 is 12.8 Å². The van der Waals surface area contributed by atoms with Gasteiger partial charge < -0.3 is 10.6 Å². The molecule has 0 unspecified atom stereocenters. The number of halogens is 1. The quantitative estimate of drug-likeness (QED) is 0.683. The molecule has 1 heterocycles. The van der Waals surface area contributed by atoms with Crippen LogP contribution in [0, 0.1) is 11.7 Å². The SMILES string of the molecule is CC(C)CN(Cc1ccc(F)cc1)S(=O)(=O)c1ccc(NC2CCNCC2)cc1. The van der Waals surface area contributed by atoms with Crippen molar-refractivity contribution in [3.8, 4) is 0 Å². The van der Waals surface area contributed by atoms with E-state index in [1.165, 1.54) is 16.4 Å². The van der Waals surface area contributed by atoms with Gasteiger partial charge in [-0.2, -0.15) is 4.31 Å². The first-order chi connectivity index (χ1) is 13.8. The molecular formula is C22H30FN3O2S. The highest BCUT2D eigenvalue weighted by Gasteiger charge is 2.25. The molecule has 2 aromatic carbocycles. The van der Waals surface area contributed by atoms with Crippen LogP contribution >= 0.6 is 0 Å². The minimum atomic E-state index is -3.65. The molecule has 0 aliphatic carbocycles. The first-order valence-corrected chi connectivity index (χ1v) is 11.6. The second kappa shape index (κ2) is 9.69. The molecule has 1 saturated heterocycles. The van der Waals surface area contributed by atoms with E-state index in [9.17, 15) is 12.8 Å². The third-order valence-electron chi connectivity index (χ3n) is 5.04. The highest BCUT2D eigenvalue weighted by molar-refractivity contribution is 7.89. The molecule has 2 aromatic rings. The first-order valence-electron chi connectivity index (χ1n) is 10.2. The summed E-state index contributed by atoms with van der Waals surface area (Å²) in [4.78, 5) is 0.274. The van der Waals surface area contributed by atoms with E-state index in [4.69, 9.17) is 0 Å². The van der Waals surface area contributed by atoms with Crippen LogP contribution in [0.3, 0.4) is 0 Å². The zero-order valence-corrected chi connectivity index (χ0v) is 17.9. The smallest absolute Gasteiger partial charge is 0.243 e. The molecule has 0 aromatic heterocycles. The fourth-order valence-electron chi connectivity index (χ4n) is 3.52. The van der Waals surface area contributed by atoms with Gasteiger partial charge >= 0.3 is 0 Å². The molecule has 0 radical (unpaired) electrons. The van der Waals surface area contributed by atoms with Crippen molar-refractivity contribution in [2.45, 2.75) is 44.2 Å². The molecule has 0 saturated carbocycles. The summed E-state index contributed by atoms with van der Waals surface area (Å²) in [6.45, 7) is 6.58. The summed E-state index contributed by atoms with van der Waals surface area (Å²) in [6.07, 6.45) is 2.11. The van der Waals surface area contributed by atoms with Crippen LogP contribution in [0.25, 0.3) is 0 Å². The van der Waals surface area contributed by atoms with Gasteiger partial charge in [0.15, 0.2) is 0 Å². The van der Waals surface area contributed by atoms with Crippen LogP contribution in [0.4, 0.5) is 10.1 Å². The number of sulfonamides is 1. The fourth-order valence-corrected chi connectivity index (χ4v) is 5.11. The van der Waals surface area contributed by atoms with Crippen molar-refractivity contribution in [1.29, 1.82) is 0 Å². The summed E-state index contributed by atoms with van der Waals surface area (Å²) >= 11 is 0. The topological polar surface area (TPSA) is 61.4 Å². The monoisotopic (exact) mass is 419 g/mol. The van der Waals surface area contributed by atoms with E-state index in [0.717, 1.165) is 37.2 Å². The number of rotatable bonds is 8. The number of benzene rings is 2. The molecule has 0 bridgehead atoms. The number of piperidine rings is 1. The van der Waals surface area contributed by atoms with E-state index in [2.05, 4.69) is 10.6 Å². The van der Waals surface area contributed by atoms with E-state index >= 15 is 0 Å². The van der Waals surface area contributed by atoms with Crippen LogP contribution in [-0.4, -0.2) is 38.4 Å². The fraction of sp³-hybridized carbons (Fsp3) is 0.455. The third-order valence-corrected chi connectivity index (χ3v) is 6.87. The Morgan fingerprint density at radius 3 is 2.28 bits per heavy atom. The highest BCUT2D eigenvalue weighted by atomic mass is 32.2. The van der Waals surface area contributed by atoms with E-state index in [0.29, 0.717) is 12.6 Å². The Bertz CT molecular complexity index is 877. The normalized spacial score (nSPS) is 15.8. The van der Waals surface area contributed by atoms with E-state index in [1.807, 2.05) is 26.0 Å². The molecule has 0 spiro atoms. The molecule has 29 heavy (non-hydrogen) atoms. The number of hydrogen-bond acceptors (Lipinski definition) is 4. The predicted octanol–water partition coefficient (Wildman–Crippen LogP) is 3.84. The van der Waals surface area contributed by atoms with E-state index in [1.54, 1.807) is 24.3 Å². The predicted molar refractivity (Wildman–Crippen MR) is 115 cm³/mol. The van der Waals surface area contributed by atoms with Crippen molar-refractivity contribution in [3.05, 3.63) is 59.9 Å². The Kier molecular flexibility index (Phi) is 7.27. The van der Waals surface area contributed by atoms with E-state index in [-0.39, 0.29) is 23.2 Å². The minimum Gasteiger partial charge on any atom is -0.382 e. The second-order valence-corrected chi connectivity index (χ2v) is 9.95. The first kappa shape index (κ1) is 21.7. The summed E-state index contributed by atoms with van der Waals surface area (Å²) < 4.78 is 41.2. The molecule has 3 rings (SSSR count). The summed E-state index contributed by atoms with van der Waals surface area (Å²) in [5, 5.41) is 6.82. The lowest BCUT2D eigenvalue weighted by Gasteiger charge is -2.26. The number of anilines is 1. The lowest BCUT2D eigenvalue weighted by atomic mass is 10.1. The third kappa shape index (κ3) is 6.01. The maximum atomic E-state index is 13.3. The van der Waals surface area contributed by atoms with Crippen LogP contribution < -0.4 is 10.6 Å². The molecule has 0 amide bonds. The Balaban J connectivity index is 1.76. The zero-order chi connectivity index (χ0) is 20.9. The van der Waals surface area contributed by atoms with Gasteiger partial charge in [0.2, 0.25) is 10.0 Å². The Morgan fingerprint density at radius 1 is 1.07 bits per heavy atom. The number of hydrogen-bond donors (Lipinski definition) is 2. The summed E-state index contributed by atoms with van der Waals surface area (Å²) in [6, 6.07) is 13.4. The molecule has 7 heteroatoms. The van der Waals surface area contributed by atoms with Crippen LogP contribution in [0.2, 0.25) is 0 Å². The zero-order valence-electron chi connectivity index (χ0n) is 17.1. The Hall–Kier alpha value is -1.96. The molecule has 5 nitrogen and oxygen atoms in total. The average molecular weight is 420 g/mol. The van der Waals surface area contributed by atoms with Gasteiger partial charge in [-0.15, -0.1) is 0 Å². The van der Waals surface area contributed by atoms with Gasteiger partial charge in [0.05, 0.1) is 4.90 Å². The van der Waals surface area contributed by atoms with Crippen molar-refractivity contribution >= 4 is 15.7 Å². The van der Waals surface area contributed by atoms with Gasteiger partial charge in [-0.25, -0.2) is 12.8 Å². The maximum Gasteiger partial charge on any atom is 0.243 e. The van der Waals surface area contributed by atoms with Gasteiger partial charge in [0, 0.05) is 24.8 Å². The molecule has 0 atom stereocenters. The summed E-state index contributed by atoms with van der Waals surface area (Å²) in [5.41, 5.74) is 1.70. The summed E-state index contributed by atoms with van der Waals surface area (Å²) in [7, 11) is -3.65. The highest BCUT2D eigenvalue weighted by Crippen LogP contribution is 2.23. The largest absolute Gasteiger partial charge is 0.382 e. The summed E-state index contributed by atoms with van der Waals surface area (Å²) in [5.74, 6) is -0.157. The minimum absolute atomic E-state index is 0.172. The second-order valence-electron chi connectivity index (χ2n) is 8.01. The Morgan fingerprint density at radius 2 is 1.69 bits per heavy atom. The molecule has 1 fully saturated rings. The van der Waals surface area contributed by atoms with Crippen LogP contribution in [0.5, 0.6) is 0 Å². The van der Waals surface area contributed by atoms with Gasteiger partial charge in [-0.3, -0.25) is 0 Å². The Labute approximate surface area is 173 Å². The molecule has 158 valence electrons. The van der Waals surface area contributed by atoms with Crippen LogP contribution in [-0.2, 0) is 16.6 Å². The van der Waals surface area contributed by atoms with Crippen molar-refractivity contribution in [1.82, 2.24) is 9.62 Å². The van der Waals surface area contributed by atoms with Crippen molar-refractivity contribution in [3.63, 3.8) is 0 Å². The van der Waals surface area contributed by atoms with Gasteiger partial charge in [-0.05, 0) is 73.8 Å². The van der Waals surface area contributed by atoms with Crippen molar-refractivity contribution in [2.75, 3.05) is 25.0 Å². The van der Waals surface area contributed by atoms with Crippen LogP contribution in [0.1, 0.15) is 32.3 Å². The van der Waals surface area contributed by atoms with Crippen molar-refractivity contribution in [2.24, 2.45) is 5.92 Å². The van der Waals surface area contributed by atoms with Gasteiger partial charge in [-0.1, -0.05) is 26.0 Å². The lowest BCUT2D eigenvalue weighted by Crippen LogP contribution is -2.35. The lowest BCUT2D eigenvalue weighted by molar-refractivity contribution is 0.362. The van der Waals surface area contributed by atoms with Crippen LogP contribution in [0.15, 0.2) is 53.4 Å². The van der Waals surface area contributed by atoms with E-state index < -0.39 is 10.0 Å². The molecule has 2 N–H and O–H groups in total. The maximum absolute atomic E-state index is 13.3.